The summed E-state index contributed by atoms with van der Waals surface area (Å²) >= 11 is 0. The van der Waals surface area contributed by atoms with Gasteiger partial charge >= 0.3 is 5.97 Å². The van der Waals surface area contributed by atoms with Gasteiger partial charge in [0.15, 0.2) is 0 Å². The molecule has 3 aliphatic rings. The Morgan fingerprint density at radius 2 is 2.50 bits per heavy atom. The Balaban J connectivity index is 1.84. The first kappa shape index (κ1) is 8.68. The SMILES string of the molecule is CCN1C2COCC23CC(C(=O)O)C13. The Morgan fingerprint density at radius 1 is 1.71 bits per heavy atom. The van der Waals surface area contributed by atoms with E-state index in [0.29, 0.717) is 6.04 Å². The summed E-state index contributed by atoms with van der Waals surface area (Å²) in [4.78, 5) is 13.3. The third-order valence-corrected chi connectivity index (χ3v) is 4.32. The standard InChI is InChI=1S/C10H15NO3/c1-2-11-7-4-14-5-10(7)3-6(8(10)11)9(12)13/h6-8H,2-5H2,1H3,(H,12,13). The Hall–Kier alpha value is -0.610. The maximum absolute atomic E-state index is 11.0. The minimum atomic E-state index is -0.635. The van der Waals surface area contributed by atoms with Crippen LogP contribution in [0.4, 0.5) is 0 Å². The molecule has 2 saturated heterocycles. The lowest BCUT2D eigenvalue weighted by molar-refractivity contribution is -0.223. The largest absolute Gasteiger partial charge is 0.481 e. The molecule has 2 heterocycles. The van der Waals surface area contributed by atoms with Crippen LogP contribution in [0.1, 0.15) is 13.3 Å². The van der Waals surface area contributed by atoms with E-state index in [2.05, 4.69) is 11.8 Å². The van der Waals surface area contributed by atoms with Gasteiger partial charge < -0.3 is 9.84 Å². The molecule has 4 heteroatoms. The number of hydrogen-bond donors (Lipinski definition) is 1. The van der Waals surface area contributed by atoms with Crippen molar-refractivity contribution < 1.29 is 14.6 Å². The van der Waals surface area contributed by atoms with Crippen molar-refractivity contribution in [2.75, 3.05) is 19.8 Å². The monoisotopic (exact) mass is 197 g/mol. The van der Waals surface area contributed by atoms with Gasteiger partial charge in [-0.15, -0.1) is 0 Å². The van der Waals surface area contributed by atoms with E-state index in [0.717, 1.165) is 26.2 Å². The molecule has 0 radical (unpaired) electrons. The van der Waals surface area contributed by atoms with Gasteiger partial charge in [0.2, 0.25) is 0 Å². The summed E-state index contributed by atoms with van der Waals surface area (Å²) < 4.78 is 5.48. The van der Waals surface area contributed by atoms with Crippen LogP contribution in [0.25, 0.3) is 0 Å². The van der Waals surface area contributed by atoms with Crippen LogP contribution in [-0.2, 0) is 9.53 Å². The molecule has 1 saturated carbocycles. The van der Waals surface area contributed by atoms with E-state index in [1.165, 1.54) is 0 Å². The van der Waals surface area contributed by atoms with Gasteiger partial charge in [-0.1, -0.05) is 6.92 Å². The number of carbonyl (C=O) groups is 1. The van der Waals surface area contributed by atoms with Crippen molar-refractivity contribution in [3.63, 3.8) is 0 Å². The van der Waals surface area contributed by atoms with Crippen molar-refractivity contribution in [1.29, 1.82) is 0 Å². The Morgan fingerprint density at radius 3 is 3.14 bits per heavy atom. The highest BCUT2D eigenvalue weighted by molar-refractivity contribution is 5.73. The molecule has 0 aromatic rings. The van der Waals surface area contributed by atoms with E-state index in [1.807, 2.05) is 0 Å². The fraction of sp³-hybridized carbons (Fsp3) is 0.900. The van der Waals surface area contributed by atoms with Gasteiger partial charge in [-0.2, -0.15) is 0 Å². The zero-order chi connectivity index (χ0) is 9.92. The van der Waals surface area contributed by atoms with Gasteiger partial charge in [-0.25, -0.2) is 0 Å². The van der Waals surface area contributed by atoms with Crippen LogP contribution < -0.4 is 0 Å². The highest BCUT2D eigenvalue weighted by Gasteiger charge is 2.73. The molecule has 0 bridgehead atoms. The molecule has 3 rings (SSSR count). The average molecular weight is 197 g/mol. The van der Waals surface area contributed by atoms with Gasteiger partial charge in [0, 0.05) is 17.5 Å². The molecule has 0 aromatic carbocycles. The molecule has 1 aliphatic carbocycles. The first-order valence-electron chi connectivity index (χ1n) is 5.27. The number of carboxylic acid groups (broad SMARTS) is 1. The highest BCUT2D eigenvalue weighted by atomic mass is 16.5. The van der Waals surface area contributed by atoms with Crippen molar-refractivity contribution in [1.82, 2.24) is 4.90 Å². The molecule has 2 aliphatic heterocycles. The molecule has 14 heavy (non-hydrogen) atoms. The fourth-order valence-electron chi connectivity index (χ4n) is 3.72. The summed E-state index contributed by atoms with van der Waals surface area (Å²) in [7, 11) is 0. The fourth-order valence-corrected chi connectivity index (χ4v) is 3.72. The van der Waals surface area contributed by atoms with Gasteiger partial charge in [0.05, 0.1) is 19.1 Å². The Bertz CT molecular complexity index is 293. The van der Waals surface area contributed by atoms with E-state index in [9.17, 15) is 4.79 Å². The van der Waals surface area contributed by atoms with E-state index in [-0.39, 0.29) is 17.4 Å². The summed E-state index contributed by atoms with van der Waals surface area (Å²) in [5, 5.41) is 9.02. The molecular weight excluding hydrogens is 182 g/mol. The van der Waals surface area contributed by atoms with Crippen LogP contribution in [0.3, 0.4) is 0 Å². The number of nitrogens with zero attached hydrogens (tertiary/aromatic N) is 1. The number of ether oxygens (including phenoxy) is 1. The minimum Gasteiger partial charge on any atom is -0.481 e. The normalized spacial score (nSPS) is 50.2. The van der Waals surface area contributed by atoms with Crippen LogP contribution in [0.5, 0.6) is 0 Å². The lowest BCUT2D eigenvalue weighted by atomic mass is 9.48. The zero-order valence-electron chi connectivity index (χ0n) is 8.27. The maximum Gasteiger partial charge on any atom is 0.308 e. The maximum atomic E-state index is 11.0. The van der Waals surface area contributed by atoms with Crippen LogP contribution in [0.15, 0.2) is 0 Å². The minimum absolute atomic E-state index is 0.145. The van der Waals surface area contributed by atoms with E-state index in [1.54, 1.807) is 0 Å². The number of piperidine rings is 1. The molecule has 0 amide bonds. The summed E-state index contributed by atoms with van der Waals surface area (Å²) in [6.07, 6.45) is 0.828. The molecular formula is C10H15NO3. The smallest absolute Gasteiger partial charge is 0.308 e. The number of likely N-dealkylation sites (N-methyl/N-ethyl adjacent to an activating group) is 1. The lowest BCUT2D eigenvalue weighted by Crippen LogP contribution is -2.81. The van der Waals surface area contributed by atoms with Crippen molar-refractivity contribution >= 4 is 5.97 Å². The third-order valence-electron chi connectivity index (χ3n) is 4.32. The van der Waals surface area contributed by atoms with Gasteiger partial charge in [-0.3, -0.25) is 9.69 Å². The summed E-state index contributed by atoms with van der Waals surface area (Å²) in [6, 6.07) is 0.769. The van der Waals surface area contributed by atoms with Crippen molar-refractivity contribution in [3.05, 3.63) is 0 Å². The topological polar surface area (TPSA) is 49.8 Å². The van der Waals surface area contributed by atoms with Gasteiger partial charge in [0.1, 0.15) is 0 Å². The second-order valence-corrected chi connectivity index (χ2v) is 4.69. The number of carboxylic acids is 1. The predicted octanol–water partition coefficient (Wildman–Crippen LogP) is 0.180. The summed E-state index contributed by atoms with van der Waals surface area (Å²) in [5.41, 5.74) is 0.221. The molecule has 78 valence electrons. The van der Waals surface area contributed by atoms with Crippen molar-refractivity contribution in [2.24, 2.45) is 11.3 Å². The predicted molar refractivity (Wildman–Crippen MR) is 49.0 cm³/mol. The Kier molecular flexibility index (Phi) is 1.55. The number of likely N-dealkylation sites (tertiary alicyclic amines) is 1. The lowest BCUT2D eigenvalue weighted by Gasteiger charge is -2.69. The van der Waals surface area contributed by atoms with Crippen molar-refractivity contribution in [2.45, 2.75) is 25.4 Å². The molecule has 1 spiro atoms. The first-order valence-corrected chi connectivity index (χ1v) is 5.27. The van der Waals surface area contributed by atoms with Crippen LogP contribution in [0.2, 0.25) is 0 Å². The van der Waals surface area contributed by atoms with E-state index >= 15 is 0 Å². The highest BCUT2D eigenvalue weighted by Crippen LogP contribution is 2.63. The second kappa shape index (κ2) is 2.49. The quantitative estimate of drug-likeness (QED) is 0.686. The molecule has 4 atom stereocenters. The third kappa shape index (κ3) is 0.718. The molecule has 1 N–H and O–H groups in total. The second-order valence-electron chi connectivity index (χ2n) is 4.69. The van der Waals surface area contributed by atoms with Gasteiger partial charge in [-0.05, 0) is 13.0 Å². The summed E-state index contributed by atoms with van der Waals surface area (Å²) in [6.45, 7) is 4.63. The molecule has 4 nitrogen and oxygen atoms in total. The zero-order valence-corrected chi connectivity index (χ0v) is 8.27. The van der Waals surface area contributed by atoms with Crippen LogP contribution in [-0.4, -0.2) is 47.8 Å². The Labute approximate surface area is 82.8 Å². The number of hydrogen-bond acceptors (Lipinski definition) is 3. The summed E-state index contributed by atoms with van der Waals surface area (Å²) in [5.74, 6) is -0.780. The molecule has 4 unspecified atom stereocenters. The number of aliphatic carboxylic acids is 1. The molecule has 0 aromatic heterocycles. The van der Waals surface area contributed by atoms with Crippen LogP contribution in [0, 0.1) is 11.3 Å². The van der Waals surface area contributed by atoms with Crippen molar-refractivity contribution in [3.8, 4) is 0 Å². The van der Waals surface area contributed by atoms with Gasteiger partial charge in [0.25, 0.3) is 0 Å². The van der Waals surface area contributed by atoms with Crippen LogP contribution >= 0.6 is 0 Å². The first-order chi connectivity index (χ1) is 6.70. The molecule has 3 fully saturated rings. The average Bonchev–Trinajstić information content (AvgIpc) is 2.52. The van der Waals surface area contributed by atoms with E-state index in [4.69, 9.17) is 9.84 Å². The van der Waals surface area contributed by atoms with E-state index < -0.39 is 5.97 Å². The number of rotatable bonds is 2.